The van der Waals surface area contributed by atoms with Crippen molar-refractivity contribution in [2.45, 2.75) is 33.9 Å². The van der Waals surface area contributed by atoms with Crippen molar-refractivity contribution in [3.8, 4) is 5.75 Å². The number of hydrogen-bond donors (Lipinski definition) is 1. The monoisotopic (exact) mass is 451 g/mol. The smallest absolute Gasteiger partial charge is 0.416 e. The molecule has 3 aromatic rings. The number of anilines is 1. The number of furan rings is 1. The third-order valence-corrected chi connectivity index (χ3v) is 5.50. The lowest BCUT2D eigenvalue weighted by atomic mass is 9.98. The van der Waals surface area contributed by atoms with Gasteiger partial charge in [-0.3, -0.25) is 4.79 Å². The van der Waals surface area contributed by atoms with Crippen LogP contribution in [0.4, 0.5) is 18.9 Å². The van der Waals surface area contributed by atoms with Crippen LogP contribution in [0, 0.1) is 20.8 Å². The van der Waals surface area contributed by atoms with E-state index in [0.717, 1.165) is 40.5 Å². The quantitative estimate of drug-likeness (QED) is 0.431. The summed E-state index contributed by atoms with van der Waals surface area (Å²) in [5.74, 6) is 0.731. The Kier molecular flexibility index (Phi) is 6.09. The van der Waals surface area contributed by atoms with Crippen molar-refractivity contribution < 1.29 is 27.1 Å². The molecule has 0 atom stereocenters. The van der Waals surface area contributed by atoms with Gasteiger partial charge >= 0.3 is 6.18 Å². The average molecular weight is 452 g/mol. The molecule has 0 bridgehead atoms. The number of carbonyl (C=O) groups excluding carboxylic acids is 1. The lowest BCUT2D eigenvalue weighted by Crippen LogP contribution is -2.11. The zero-order chi connectivity index (χ0) is 23.1. The minimum atomic E-state index is -4.54. The van der Waals surface area contributed by atoms with Gasteiger partial charge in [-0.1, -0.05) is 11.6 Å². The van der Waals surface area contributed by atoms with E-state index in [1.165, 1.54) is 13.2 Å². The summed E-state index contributed by atoms with van der Waals surface area (Å²) >= 11 is 5.96. The van der Waals surface area contributed by atoms with Gasteiger partial charge in [-0.15, -0.1) is 0 Å². The van der Waals surface area contributed by atoms with E-state index in [9.17, 15) is 18.0 Å². The van der Waals surface area contributed by atoms with Crippen LogP contribution in [0.25, 0.3) is 16.5 Å². The van der Waals surface area contributed by atoms with Gasteiger partial charge in [0, 0.05) is 22.6 Å². The summed E-state index contributed by atoms with van der Waals surface area (Å²) in [6, 6.07) is 4.64. The molecule has 4 nitrogen and oxygen atoms in total. The molecule has 0 radical (unpaired) electrons. The number of ether oxygens (including phenoxy) is 1. The van der Waals surface area contributed by atoms with E-state index in [-0.39, 0.29) is 10.7 Å². The predicted molar refractivity (Wildman–Crippen MR) is 116 cm³/mol. The van der Waals surface area contributed by atoms with Gasteiger partial charge in [0.2, 0.25) is 5.91 Å². The number of amides is 1. The average Bonchev–Trinajstić information content (AvgIpc) is 2.97. The van der Waals surface area contributed by atoms with Gasteiger partial charge in [0.15, 0.2) is 0 Å². The van der Waals surface area contributed by atoms with Crippen LogP contribution >= 0.6 is 11.6 Å². The lowest BCUT2D eigenvalue weighted by Gasteiger charge is -2.13. The zero-order valence-corrected chi connectivity index (χ0v) is 18.4. The second-order valence-electron chi connectivity index (χ2n) is 7.25. The van der Waals surface area contributed by atoms with E-state index >= 15 is 0 Å². The predicted octanol–water partition coefficient (Wildman–Crippen LogP) is 7.08. The fourth-order valence-electron chi connectivity index (χ4n) is 3.41. The van der Waals surface area contributed by atoms with E-state index in [2.05, 4.69) is 5.32 Å². The van der Waals surface area contributed by atoms with E-state index in [0.29, 0.717) is 22.5 Å². The molecule has 31 heavy (non-hydrogen) atoms. The normalized spacial score (nSPS) is 12.4. The first-order valence-corrected chi connectivity index (χ1v) is 9.75. The van der Waals surface area contributed by atoms with Crippen molar-refractivity contribution in [2.24, 2.45) is 0 Å². The number of benzene rings is 2. The number of nitrogens with one attached hydrogen (secondary N) is 1. The highest BCUT2D eigenvalue weighted by Crippen LogP contribution is 2.39. The van der Waals surface area contributed by atoms with Crippen LogP contribution < -0.4 is 10.1 Å². The van der Waals surface area contributed by atoms with E-state index in [4.69, 9.17) is 20.8 Å². The Bertz CT molecular complexity index is 1210. The summed E-state index contributed by atoms with van der Waals surface area (Å²) in [4.78, 5) is 12.5. The van der Waals surface area contributed by atoms with Crippen LogP contribution in [0.5, 0.6) is 5.75 Å². The van der Waals surface area contributed by atoms with Crippen LogP contribution in [-0.2, 0) is 11.0 Å². The first-order chi connectivity index (χ1) is 14.4. The molecule has 0 aliphatic heterocycles. The Morgan fingerprint density at radius 3 is 2.45 bits per heavy atom. The Labute approximate surface area is 182 Å². The maximum absolute atomic E-state index is 13.0. The summed E-state index contributed by atoms with van der Waals surface area (Å²) in [5, 5.41) is 3.33. The van der Waals surface area contributed by atoms with Gasteiger partial charge < -0.3 is 14.5 Å². The van der Waals surface area contributed by atoms with Crippen LogP contribution in [0.15, 0.2) is 34.8 Å². The Morgan fingerprint density at radius 2 is 1.84 bits per heavy atom. The molecule has 1 amide bonds. The third kappa shape index (κ3) is 4.42. The number of aryl methyl sites for hydroxylation is 3. The van der Waals surface area contributed by atoms with Gasteiger partial charge in [0.25, 0.3) is 0 Å². The van der Waals surface area contributed by atoms with Crippen molar-refractivity contribution in [2.75, 3.05) is 12.4 Å². The second-order valence-corrected chi connectivity index (χ2v) is 7.66. The number of halogens is 4. The Balaban J connectivity index is 1.99. The van der Waals surface area contributed by atoms with Crippen LogP contribution in [0.2, 0.25) is 5.02 Å². The molecule has 0 aliphatic carbocycles. The van der Waals surface area contributed by atoms with Gasteiger partial charge in [0.1, 0.15) is 17.1 Å². The fraction of sp³-hybridized carbons (Fsp3) is 0.261. The molecule has 0 aliphatic rings. The lowest BCUT2D eigenvalue weighted by molar-refractivity contribution is -0.137. The fourth-order valence-corrected chi connectivity index (χ4v) is 3.57. The summed E-state index contributed by atoms with van der Waals surface area (Å²) in [6.07, 6.45) is -3.25. The van der Waals surface area contributed by atoms with E-state index < -0.39 is 17.6 Å². The van der Waals surface area contributed by atoms with Crippen LogP contribution in [0.1, 0.15) is 34.9 Å². The number of hydrogen-bond acceptors (Lipinski definition) is 3. The third-order valence-electron chi connectivity index (χ3n) is 5.17. The number of fused-ring (bicyclic) bond motifs is 1. The molecular weight excluding hydrogens is 431 g/mol. The molecule has 0 unspecified atom stereocenters. The molecule has 164 valence electrons. The first-order valence-electron chi connectivity index (χ1n) is 9.37. The topological polar surface area (TPSA) is 51.5 Å². The van der Waals surface area contributed by atoms with Crippen molar-refractivity contribution in [3.05, 3.63) is 63.4 Å². The minimum Gasteiger partial charge on any atom is -0.496 e. The Hall–Kier alpha value is -2.93. The summed E-state index contributed by atoms with van der Waals surface area (Å²) < 4.78 is 50.3. The van der Waals surface area contributed by atoms with Crippen molar-refractivity contribution in [1.82, 2.24) is 0 Å². The summed E-state index contributed by atoms with van der Waals surface area (Å²) in [7, 11) is 1.52. The minimum absolute atomic E-state index is 0.00625. The number of alkyl halides is 3. The maximum Gasteiger partial charge on any atom is 0.416 e. The van der Waals surface area contributed by atoms with E-state index in [1.54, 1.807) is 6.92 Å². The van der Waals surface area contributed by atoms with Gasteiger partial charge in [0.05, 0.1) is 23.4 Å². The molecule has 3 rings (SSSR count). The second kappa shape index (κ2) is 8.30. The van der Waals surface area contributed by atoms with Crippen molar-refractivity contribution >= 4 is 39.7 Å². The molecule has 8 heteroatoms. The molecular formula is C23H21ClF3NO3. The van der Waals surface area contributed by atoms with Crippen molar-refractivity contribution in [1.29, 1.82) is 0 Å². The summed E-state index contributed by atoms with van der Waals surface area (Å²) in [6.45, 7) is 7.40. The largest absolute Gasteiger partial charge is 0.496 e. The summed E-state index contributed by atoms with van der Waals surface area (Å²) in [5.41, 5.74) is 2.72. The Morgan fingerprint density at radius 1 is 1.16 bits per heavy atom. The molecule has 0 spiro atoms. The number of carbonyl (C=O) groups is 1. The van der Waals surface area contributed by atoms with Gasteiger partial charge in [-0.05, 0) is 63.1 Å². The molecule has 0 saturated carbocycles. The first kappa shape index (κ1) is 22.7. The van der Waals surface area contributed by atoms with Crippen molar-refractivity contribution in [3.63, 3.8) is 0 Å². The zero-order valence-electron chi connectivity index (χ0n) is 17.6. The number of methoxy groups -OCH3 is 1. The highest BCUT2D eigenvalue weighted by Gasteiger charge is 2.31. The highest BCUT2D eigenvalue weighted by atomic mass is 35.5. The molecule has 2 aromatic carbocycles. The standard InChI is InChI=1S/C23H21ClF3NO3/c1-11(8-20(29)28-19-9-15(23(25,26)27)6-7-18(19)24)16-10-17-12(2)14(4)31-22(17)13(3)21(16)30-5/h6-10H,1-5H3,(H,28,29)/b11-8+. The van der Waals surface area contributed by atoms with Gasteiger partial charge in [-0.25, -0.2) is 0 Å². The van der Waals surface area contributed by atoms with Crippen LogP contribution in [-0.4, -0.2) is 13.0 Å². The van der Waals surface area contributed by atoms with Gasteiger partial charge in [-0.2, -0.15) is 13.2 Å². The van der Waals surface area contributed by atoms with E-state index in [1.807, 2.05) is 26.8 Å². The maximum atomic E-state index is 13.0. The van der Waals surface area contributed by atoms with Crippen LogP contribution in [0.3, 0.4) is 0 Å². The highest BCUT2D eigenvalue weighted by molar-refractivity contribution is 6.33. The molecule has 0 fully saturated rings. The SMILES string of the molecule is COc1c(/C(C)=C/C(=O)Nc2cc(C(F)(F)F)ccc2Cl)cc2c(C)c(C)oc2c1C. The number of rotatable bonds is 4. The molecule has 1 N–H and O–H groups in total. The number of allylic oxidation sites excluding steroid dienone is 1. The molecule has 1 heterocycles. The molecule has 0 saturated heterocycles. The molecule has 1 aromatic heterocycles.